The number of halogens is 2. The van der Waals surface area contributed by atoms with Gasteiger partial charge in [-0.3, -0.25) is 14.6 Å². The lowest BCUT2D eigenvalue weighted by molar-refractivity contribution is -0.139. The molecule has 2 amide bonds. The van der Waals surface area contributed by atoms with Crippen molar-refractivity contribution in [2.24, 2.45) is 15.5 Å². The molecule has 0 aromatic heterocycles. The molecule has 0 saturated carbocycles. The van der Waals surface area contributed by atoms with Crippen LogP contribution in [0.15, 0.2) is 94.4 Å². The van der Waals surface area contributed by atoms with E-state index in [1.165, 1.54) is 23.2 Å². The minimum absolute atomic E-state index is 0.265. The number of amides is 2. The number of nitrogens with one attached hydrogen (secondary N) is 1. The van der Waals surface area contributed by atoms with Crippen molar-refractivity contribution in [3.63, 3.8) is 0 Å². The fraction of sp³-hybridized carbons (Fsp3) is 0.241. The SMILES string of the molecule is CN(CC(=O)C(CC(=O)O)NC(=O)N(Cc1ccccc1)Cc1ccccc1)N=NN=CCc1c(Cl)cccc1Cl. The summed E-state index contributed by atoms with van der Waals surface area (Å²) >= 11 is 12.3. The fourth-order valence-electron chi connectivity index (χ4n) is 3.82. The molecule has 0 saturated heterocycles. The van der Waals surface area contributed by atoms with E-state index in [0.29, 0.717) is 22.0 Å². The highest BCUT2D eigenvalue weighted by Crippen LogP contribution is 2.24. The van der Waals surface area contributed by atoms with Crippen LogP contribution in [-0.4, -0.2) is 58.6 Å². The molecule has 0 spiro atoms. The Balaban J connectivity index is 1.63. The van der Waals surface area contributed by atoms with Crippen LogP contribution in [0.4, 0.5) is 4.79 Å². The maximum absolute atomic E-state index is 13.3. The van der Waals surface area contributed by atoms with Crippen LogP contribution in [0.1, 0.15) is 23.1 Å². The van der Waals surface area contributed by atoms with E-state index in [1.807, 2.05) is 60.7 Å². The van der Waals surface area contributed by atoms with Crippen LogP contribution in [0.25, 0.3) is 0 Å². The van der Waals surface area contributed by atoms with Gasteiger partial charge in [0.05, 0.1) is 13.0 Å². The summed E-state index contributed by atoms with van der Waals surface area (Å²) in [5.41, 5.74) is 2.47. The van der Waals surface area contributed by atoms with Gasteiger partial charge < -0.3 is 15.3 Å². The molecule has 0 bridgehead atoms. The van der Waals surface area contributed by atoms with Crippen molar-refractivity contribution in [2.45, 2.75) is 32.0 Å². The maximum Gasteiger partial charge on any atom is 0.318 e. The van der Waals surface area contributed by atoms with Gasteiger partial charge in [-0.25, -0.2) is 4.79 Å². The second-order valence-electron chi connectivity index (χ2n) is 9.09. The molecule has 12 heteroatoms. The highest BCUT2D eigenvalue weighted by molar-refractivity contribution is 6.36. The summed E-state index contributed by atoms with van der Waals surface area (Å²) in [6.07, 6.45) is 1.21. The smallest absolute Gasteiger partial charge is 0.318 e. The third-order valence-corrected chi connectivity index (χ3v) is 6.56. The number of carboxylic acids is 1. The largest absolute Gasteiger partial charge is 0.481 e. The third-order valence-electron chi connectivity index (χ3n) is 5.85. The second kappa shape index (κ2) is 16.1. The Bertz CT molecular complexity index is 1310. The Kier molecular flexibility index (Phi) is 12.3. The number of ketones is 1. The molecule has 10 nitrogen and oxygen atoms in total. The summed E-state index contributed by atoms with van der Waals surface area (Å²) in [7, 11) is 1.48. The van der Waals surface area contributed by atoms with Crippen molar-refractivity contribution in [3.8, 4) is 0 Å². The Hall–Kier alpha value is -4.28. The molecule has 0 aliphatic carbocycles. The molecular formula is C29H30Cl2N6O4. The number of carboxylic acid groups (broad SMARTS) is 1. The van der Waals surface area contributed by atoms with E-state index in [1.54, 1.807) is 18.2 Å². The predicted octanol–water partition coefficient (Wildman–Crippen LogP) is 5.65. The summed E-state index contributed by atoms with van der Waals surface area (Å²) in [6.45, 7) is 0.229. The first-order chi connectivity index (χ1) is 19.7. The van der Waals surface area contributed by atoms with Crippen LogP contribution in [0.3, 0.4) is 0 Å². The first-order valence-corrected chi connectivity index (χ1v) is 13.4. The number of aliphatic carboxylic acids is 1. The highest BCUT2D eigenvalue weighted by Gasteiger charge is 2.27. The Morgan fingerprint density at radius 1 is 0.902 bits per heavy atom. The second-order valence-corrected chi connectivity index (χ2v) is 9.90. The number of benzene rings is 3. The maximum atomic E-state index is 13.3. The third kappa shape index (κ3) is 10.7. The number of carbonyl (C=O) groups excluding carboxylic acids is 2. The predicted molar refractivity (Wildman–Crippen MR) is 158 cm³/mol. The summed E-state index contributed by atoms with van der Waals surface area (Å²) in [5.74, 6) is -1.78. The molecule has 41 heavy (non-hydrogen) atoms. The molecule has 2 N–H and O–H groups in total. The van der Waals surface area contributed by atoms with Gasteiger partial charge in [0.1, 0.15) is 6.04 Å². The van der Waals surface area contributed by atoms with Crippen molar-refractivity contribution < 1.29 is 19.5 Å². The van der Waals surface area contributed by atoms with Crippen LogP contribution >= 0.6 is 23.2 Å². The normalized spacial score (nSPS) is 11.9. The van der Waals surface area contributed by atoms with Crippen molar-refractivity contribution in [1.29, 1.82) is 0 Å². The van der Waals surface area contributed by atoms with E-state index in [-0.39, 0.29) is 19.6 Å². The fourth-order valence-corrected chi connectivity index (χ4v) is 4.37. The average molecular weight is 598 g/mol. The van der Waals surface area contributed by atoms with Crippen LogP contribution < -0.4 is 5.32 Å². The molecule has 1 atom stereocenters. The standard InChI is InChI=1S/C29H30Cl2N6O4/c1-36(35-34-32-16-15-23-24(30)13-8-14-25(23)31)20-27(38)26(17-28(39)40)33-29(41)37(18-21-9-4-2-5-10-21)19-22-11-6-3-7-12-22/h2-14,16,26H,15,17-20H2,1H3,(H,33,41)(H,39,40). The monoisotopic (exact) mass is 596 g/mol. The molecule has 3 aromatic rings. The van der Waals surface area contributed by atoms with Gasteiger partial charge in [0.2, 0.25) is 0 Å². The molecule has 214 valence electrons. The average Bonchev–Trinajstić information content (AvgIpc) is 2.94. The van der Waals surface area contributed by atoms with E-state index in [9.17, 15) is 19.5 Å². The molecular weight excluding hydrogens is 567 g/mol. The molecule has 1 unspecified atom stereocenters. The van der Waals surface area contributed by atoms with Crippen LogP contribution in [-0.2, 0) is 29.1 Å². The first-order valence-electron chi connectivity index (χ1n) is 12.7. The minimum atomic E-state index is -1.28. The topological polar surface area (TPSA) is 127 Å². The Morgan fingerprint density at radius 2 is 1.46 bits per heavy atom. The lowest BCUT2D eigenvalue weighted by Gasteiger charge is -2.26. The minimum Gasteiger partial charge on any atom is -0.481 e. The zero-order chi connectivity index (χ0) is 29.6. The Morgan fingerprint density at radius 3 is 2.00 bits per heavy atom. The lowest BCUT2D eigenvalue weighted by atomic mass is 10.1. The quantitative estimate of drug-likeness (QED) is 0.141. The summed E-state index contributed by atoms with van der Waals surface area (Å²) in [4.78, 5) is 39.4. The summed E-state index contributed by atoms with van der Waals surface area (Å²) in [5, 5.41) is 25.6. The molecule has 3 rings (SSSR count). The van der Waals surface area contributed by atoms with Crippen molar-refractivity contribution >= 4 is 47.2 Å². The molecule has 0 fully saturated rings. The van der Waals surface area contributed by atoms with Crippen LogP contribution in [0.2, 0.25) is 10.0 Å². The van der Waals surface area contributed by atoms with Gasteiger partial charge in [-0.1, -0.05) is 95.2 Å². The number of carbonyl (C=O) groups is 3. The molecule has 0 heterocycles. The molecule has 0 aliphatic heterocycles. The number of hydrogen-bond acceptors (Lipinski definition) is 5. The zero-order valence-corrected chi connectivity index (χ0v) is 23.9. The van der Waals surface area contributed by atoms with E-state index in [0.717, 1.165) is 11.1 Å². The van der Waals surface area contributed by atoms with Gasteiger partial charge in [0.25, 0.3) is 0 Å². The summed E-state index contributed by atoms with van der Waals surface area (Å²) < 4.78 is 0. The number of hydrogen-bond donors (Lipinski definition) is 2. The van der Waals surface area contributed by atoms with Crippen molar-refractivity contribution in [2.75, 3.05) is 13.6 Å². The molecule has 0 radical (unpaired) electrons. The van der Waals surface area contributed by atoms with Gasteiger partial charge in [0, 0.05) is 42.8 Å². The van der Waals surface area contributed by atoms with Gasteiger partial charge in [-0.2, -0.15) is 0 Å². The van der Waals surface area contributed by atoms with Crippen LogP contribution in [0, 0.1) is 0 Å². The van der Waals surface area contributed by atoms with E-state index >= 15 is 0 Å². The lowest BCUT2D eigenvalue weighted by Crippen LogP contribution is -2.50. The highest BCUT2D eigenvalue weighted by atomic mass is 35.5. The van der Waals surface area contributed by atoms with Gasteiger partial charge in [0.15, 0.2) is 5.78 Å². The van der Waals surface area contributed by atoms with Crippen molar-refractivity contribution in [3.05, 3.63) is 106 Å². The number of rotatable bonds is 14. The molecule has 0 aliphatic rings. The van der Waals surface area contributed by atoms with Gasteiger partial charge in [-0.05, 0) is 34.0 Å². The van der Waals surface area contributed by atoms with Gasteiger partial charge >= 0.3 is 12.0 Å². The van der Waals surface area contributed by atoms with E-state index in [4.69, 9.17) is 23.2 Å². The number of likely N-dealkylation sites (N-methyl/N-ethyl adjacent to an activating group) is 1. The van der Waals surface area contributed by atoms with E-state index in [2.05, 4.69) is 20.9 Å². The number of urea groups is 1. The van der Waals surface area contributed by atoms with E-state index < -0.39 is 30.2 Å². The Labute approximate surface area is 248 Å². The molecule has 3 aromatic carbocycles. The number of nitrogens with zero attached hydrogens (tertiary/aromatic N) is 5. The van der Waals surface area contributed by atoms with Gasteiger partial charge in [-0.15, -0.1) is 5.10 Å². The first kappa shape index (κ1) is 31.3. The van der Waals surface area contributed by atoms with Crippen LogP contribution in [0.5, 0.6) is 0 Å². The van der Waals surface area contributed by atoms with Crippen molar-refractivity contribution in [1.82, 2.24) is 15.2 Å². The zero-order valence-electron chi connectivity index (χ0n) is 22.4. The summed E-state index contributed by atoms with van der Waals surface area (Å²) in [6, 6.07) is 22.1. The number of Topliss-reactive ketones (excluding diaryl/α,β-unsaturated/α-hetero) is 1.